The lowest BCUT2D eigenvalue weighted by Crippen LogP contribution is -2.23. The molecule has 0 spiro atoms. The van der Waals surface area contributed by atoms with Crippen molar-refractivity contribution >= 4 is 16.9 Å². The molecule has 0 aliphatic carbocycles. The lowest BCUT2D eigenvalue weighted by Gasteiger charge is -2.18. The van der Waals surface area contributed by atoms with Crippen molar-refractivity contribution in [2.75, 3.05) is 0 Å². The molecule has 0 N–H and O–H groups in total. The number of ether oxygens (including phenoxy) is 1. The standard InChI is InChI=1S/C13H15NO3/c1-8-5-6-10-9(7-8)11(17-14-10)12(15)16-13(2,3)4/h5-7H,1-4H3. The Kier molecular flexibility index (Phi) is 2.65. The predicted octanol–water partition coefficient (Wildman–Crippen LogP) is 3.09. The van der Waals surface area contributed by atoms with E-state index >= 15 is 0 Å². The van der Waals surface area contributed by atoms with Crippen molar-refractivity contribution in [3.8, 4) is 0 Å². The van der Waals surface area contributed by atoms with Crippen molar-refractivity contribution in [1.29, 1.82) is 0 Å². The second kappa shape index (κ2) is 3.87. The average molecular weight is 233 g/mol. The van der Waals surface area contributed by atoms with Crippen LogP contribution >= 0.6 is 0 Å². The maximum atomic E-state index is 11.9. The van der Waals surface area contributed by atoms with E-state index < -0.39 is 11.6 Å². The molecule has 1 aromatic heterocycles. The van der Waals surface area contributed by atoms with Crippen LogP contribution in [0.2, 0.25) is 0 Å². The van der Waals surface area contributed by atoms with Gasteiger partial charge in [-0.1, -0.05) is 16.8 Å². The fourth-order valence-corrected chi connectivity index (χ4v) is 1.53. The highest BCUT2D eigenvalue weighted by molar-refractivity contribution is 6.01. The summed E-state index contributed by atoms with van der Waals surface area (Å²) in [6.07, 6.45) is 0. The SMILES string of the molecule is Cc1ccc2noc(C(=O)OC(C)(C)C)c2c1. The minimum atomic E-state index is -0.542. The maximum absolute atomic E-state index is 11.9. The molecule has 0 fully saturated rings. The number of hydrogen-bond acceptors (Lipinski definition) is 4. The molecule has 0 saturated heterocycles. The number of esters is 1. The first-order valence-corrected chi connectivity index (χ1v) is 5.46. The summed E-state index contributed by atoms with van der Waals surface area (Å²) in [5.41, 5.74) is 1.17. The van der Waals surface area contributed by atoms with Gasteiger partial charge in [-0.3, -0.25) is 0 Å². The zero-order chi connectivity index (χ0) is 12.6. The molecule has 4 nitrogen and oxygen atoms in total. The Morgan fingerprint density at radius 2 is 2.06 bits per heavy atom. The molecule has 0 aliphatic rings. The van der Waals surface area contributed by atoms with Crippen LogP contribution in [0.3, 0.4) is 0 Å². The normalized spacial score (nSPS) is 11.8. The zero-order valence-electron chi connectivity index (χ0n) is 10.4. The quantitative estimate of drug-likeness (QED) is 0.710. The van der Waals surface area contributed by atoms with Crippen LogP contribution in [-0.2, 0) is 4.74 Å². The molecule has 0 unspecified atom stereocenters. The highest BCUT2D eigenvalue weighted by Gasteiger charge is 2.23. The number of nitrogens with zero attached hydrogens (tertiary/aromatic N) is 1. The summed E-state index contributed by atoms with van der Waals surface area (Å²) in [7, 11) is 0. The first kappa shape index (κ1) is 11.6. The minimum Gasteiger partial charge on any atom is -0.454 e. The van der Waals surface area contributed by atoms with Crippen molar-refractivity contribution in [3.05, 3.63) is 29.5 Å². The Labute approximate surface area is 99.5 Å². The van der Waals surface area contributed by atoms with Gasteiger partial charge in [-0.25, -0.2) is 4.79 Å². The molecule has 90 valence electrons. The van der Waals surface area contributed by atoms with Gasteiger partial charge in [0.15, 0.2) is 0 Å². The van der Waals surface area contributed by atoms with Crippen LogP contribution in [-0.4, -0.2) is 16.7 Å². The van der Waals surface area contributed by atoms with Crippen LogP contribution < -0.4 is 0 Å². The Morgan fingerprint density at radius 1 is 1.35 bits per heavy atom. The Hall–Kier alpha value is -1.84. The third-order valence-electron chi connectivity index (χ3n) is 2.22. The summed E-state index contributed by atoms with van der Waals surface area (Å²) >= 11 is 0. The van der Waals surface area contributed by atoms with Gasteiger partial charge in [-0.15, -0.1) is 0 Å². The first-order valence-electron chi connectivity index (χ1n) is 5.46. The third-order valence-corrected chi connectivity index (χ3v) is 2.22. The van der Waals surface area contributed by atoms with Crippen LogP contribution in [0.5, 0.6) is 0 Å². The van der Waals surface area contributed by atoms with Crippen molar-refractivity contribution in [1.82, 2.24) is 5.16 Å². The number of aryl methyl sites for hydroxylation is 1. The van der Waals surface area contributed by atoms with Crippen molar-refractivity contribution in [3.63, 3.8) is 0 Å². The van der Waals surface area contributed by atoms with E-state index in [2.05, 4.69) is 5.16 Å². The van der Waals surface area contributed by atoms with E-state index in [0.29, 0.717) is 10.9 Å². The number of benzene rings is 1. The minimum absolute atomic E-state index is 0.165. The third kappa shape index (κ3) is 2.46. The van der Waals surface area contributed by atoms with E-state index in [9.17, 15) is 4.79 Å². The van der Waals surface area contributed by atoms with Gasteiger partial charge < -0.3 is 9.26 Å². The van der Waals surface area contributed by atoms with E-state index in [1.165, 1.54) is 0 Å². The summed E-state index contributed by atoms with van der Waals surface area (Å²) in [6.45, 7) is 7.39. The number of hydrogen-bond donors (Lipinski definition) is 0. The van der Waals surface area contributed by atoms with Gasteiger partial charge in [0.1, 0.15) is 11.1 Å². The molecule has 17 heavy (non-hydrogen) atoms. The first-order chi connectivity index (χ1) is 7.87. The lowest BCUT2D eigenvalue weighted by molar-refractivity contribution is 0.00308. The van der Waals surface area contributed by atoms with Gasteiger partial charge in [0.05, 0.1) is 5.39 Å². The van der Waals surface area contributed by atoms with Crippen LogP contribution in [0.4, 0.5) is 0 Å². The highest BCUT2D eigenvalue weighted by Crippen LogP contribution is 2.22. The fraction of sp³-hybridized carbons (Fsp3) is 0.385. The summed E-state index contributed by atoms with van der Waals surface area (Å²) in [4.78, 5) is 11.9. The van der Waals surface area contributed by atoms with E-state index in [4.69, 9.17) is 9.26 Å². The molecular weight excluding hydrogens is 218 g/mol. The molecule has 1 heterocycles. The molecular formula is C13H15NO3. The predicted molar refractivity (Wildman–Crippen MR) is 63.9 cm³/mol. The van der Waals surface area contributed by atoms with Crippen LogP contribution in [0.15, 0.2) is 22.7 Å². The van der Waals surface area contributed by atoms with Crippen LogP contribution in [0, 0.1) is 6.92 Å². The van der Waals surface area contributed by atoms with Gasteiger partial charge in [-0.05, 0) is 39.8 Å². The number of carbonyl (C=O) groups excluding carboxylic acids is 1. The van der Waals surface area contributed by atoms with E-state index in [1.807, 2.05) is 45.9 Å². The molecule has 0 aliphatic heterocycles. The Balaban J connectivity index is 2.42. The lowest BCUT2D eigenvalue weighted by atomic mass is 10.1. The van der Waals surface area contributed by atoms with Gasteiger partial charge >= 0.3 is 5.97 Å². The molecule has 2 aromatic rings. The van der Waals surface area contributed by atoms with Crippen LogP contribution in [0.1, 0.15) is 36.9 Å². The fourth-order valence-electron chi connectivity index (χ4n) is 1.53. The average Bonchev–Trinajstić information content (AvgIpc) is 2.57. The Morgan fingerprint density at radius 3 is 2.71 bits per heavy atom. The molecule has 0 bridgehead atoms. The summed E-state index contributed by atoms with van der Waals surface area (Å²) in [6, 6.07) is 5.61. The van der Waals surface area contributed by atoms with Gasteiger partial charge in [0, 0.05) is 0 Å². The number of rotatable bonds is 1. The molecule has 1 aromatic carbocycles. The monoisotopic (exact) mass is 233 g/mol. The van der Waals surface area contributed by atoms with Gasteiger partial charge in [0.25, 0.3) is 5.76 Å². The van der Waals surface area contributed by atoms with Crippen molar-refractivity contribution in [2.24, 2.45) is 0 Å². The molecule has 0 amide bonds. The summed E-state index contributed by atoms with van der Waals surface area (Å²) in [5.74, 6) is -0.316. The largest absolute Gasteiger partial charge is 0.454 e. The highest BCUT2D eigenvalue weighted by atomic mass is 16.6. The van der Waals surface area contributed by atoms with E-state index in [0.717, 1.165) is 5.56 Å². The molecule has 0 atom stereocenters. The molecule has 2 rings (SSSR count). The Bertz CT molecular complexity index is 564. The summed E-state index contributed by atoms with van der Waals surface area (Å²) < 4.78 is 10.3. The number of fused-ring (bicyclic) bond motifs is 1. The van der Waals surface area contributed by atoms with Crippen LogP contribution in [0.25, 0.3) is 10.9 Å². The zero-order valence-corrected chi connectivity index (χ0v) is 10.4. The van der Waals surface area contributed by atoms with Crippen molar-refractivity contribution < 1.29 is 14.1 Å². The van der Waals surface area contributed by atoms with E-state index in [-0.39, 0.29) is 5.76 Å². The molecule has 4 heteroatoms. The second-order valence-corrected chi connectivity index (χ2v) is 5.03. The second-order valence-electron chi connectivity index (χ2n) is 5.03. The number of aromatic nitrogens is 1. The topological polar surface area (TPSA) is 52.3 Å². The molecule has 0 radical (unpaired) electrons. The van der Waals surface area contributed by atoms with Gasteiger partial charge in [0.2, 0.25) is 0 Å². The number of carbonyl (C=O) groups is 1. The smallest absolute Gasteiger partial charge is 0.378 e. The van der Waals surface area contributed by atoms with Crippen molar-refractivity contribution in [2.45, 2.75) is 33.3 Å². The molecule has 0 saturated carbocycles. The van der Waals surface area contributed by atoms with E-state index in [1.54, 1.807) is 0 Å². The van der Waals surface area contributed by atoms with Gasteiger partial charge in [-0.2, -0.15) is 0 Å². The summed E-state index contributed by atoms with van der Waals surface area (Å²) in [5, 5.41) is 4.53. The maximum Gasteiger partial charge on any atom is 0.378 e.